The summed E-state index contributed by atoms with van der Waals surface area (Å²) < 4.78 is 5.41. The Balaban J connectivity index is 1.88. The van der Waals surface area contributed by atoms with E-state index in [4.69, 9.17) is 10.5 Å². The Kier molecular flexibility index (Phi) is 3.33. The lowest BCUT2D eigenvalue weighted by Crippen LogP contribution is -2.54. The van der Waals surface area contributed by atoms with Crippen molar-refractivity contribution in [2.75, 3.05) is 26.3 Å². The number of nitrogens with zero attached hydrogens (tertiary/aromatic N) is 1. The minimum Gasteiger partial charge on any atom is -0.379 e. The SMILES string of the molecule is CC1CCN(CC2(N)CCOC2)C(C)C1. The standard InChI is InChI=1S/C12H24N2O/c1-10-3-5-14(11(2)7-10)8-12(13)4-6-15-9-12/h10-11H,3-9,13H2,1-2H3. The summed E-state index contributed by atoms with van der Waals surface area (Å²) in [6.07, 6.45) is 3.66. The third-order valence-electron chi connectivity index (χ3n) is 3.93. The summed E-state index contributed by atoms with van der Waals surface area (Å²) in [5, 5.41) is 0. The number of piperidine rings is 1. The number of nitrogens with two attached hydrogens (primary N) is 1. The van der Waals surface area contributed by atoms with Crippen LogP contribution in [0.3, 0.4) is 0 Å². The first kappa shape index (κ1) is 11.4. The van der Waals surface area contributed by atoms with E-state index < -0.39 is 0 Å². The molecule has 2 aliphatic rings. The summed E-state index contributed by atoms with van der Waals surface area (Å²) in [5.74, 6) is 0.879. The van der Waals surface area contributed by atoms with Crippen molar-refractivity contribution in [1.82, 2.24) is 4.90 Å². The monoisotopic (exact) mass is 212 g/mol. The largest absolute Gasteiger partial charge is 0.379 e. The first-order valence-corrected chi connectivity index (χ1v) is 6.20. The van der Waals surface area contributed by atoms with E-state index in [1.54, 1.807) is 0 Å². The summed E-state index contributed by atoms with van der Waals surface area (Å²) in [5.41, 5.74) is 6.25. The topological polar surface area (TPSA) is 38.5 Å². The first-order chi connectivity index (χ1) is 7.09. The zero-order valence-corrected chi connectivity index (χ0v) is 10.0. The van der Waals surface area contributed by atoms with Gasteiger partial charge < -0.3 is 10.5 Å². The fourth-order valence-corrected chi connectivity index (χ4v) is 2.84. The Bertz CT molecular complexity index is 214. The second-order valence-electron chi connectivity index (χ2n) is 5.61. The van der Waals surface area contributed by atoms with Crippen molar-refractivity contribution in [2.45, 2.75) is 44.7 Å². The van der Waals surface area contributed by atoms with E-state index in [2.05, 4.69) is 18.7 Å². The molecule has 2 rings (SSSR count). The molecule has 2 fully saturated rings. The van der Waals surface area contributed by atoms with Gasteiger partial charge in [-0.3, -0.25) is 4.90 Å². The van der Waals surface area contributed by atoms with Crippen LogP contribution in [0.25, 0.3) is 0 Å². The molecule has 0 aliphatic carbocycles. The lowest BCUT2D eigenvalue weighted by molar-refractivity contribution is 0.0912. The van der Waals surface area contributed by atoms with Gasteiger partial charge in [0, 0.05) is 19.2 Å². The van der Waals surface area contributed by atoms with Gasteiger partial charge in [0.15, 0.2) is 0 Å². The average molecular weight is 212 g/mol. The van der Waals surface area contributed by atoms with Crippen molar-refractivity contribution in [1.29, 1.82) is 0 Å². The zero-order valence-electron chi connectivity index (χ0n) is 10.0. The predicted octanol–water partition coefficient (Wildman–Crippen LogP) is 1.22. The Labute approximate surface area is 93.0 Å². The highest BCUT2D eigenvalue weighted by atomic mass is 16.5. The van der Waals surface area contributed by atoms with Crippen LogP contribution in [0.2, 0.25) is 0 Å². The minimum absolute atomic E-state index is 0.0746. The van der Waals surface area contributed by atoms with E-state index in [1.165, 1.54) is 19.4 Å². The van der Waals surface area contributed by atoms with Gasteiger partial charge in [-0.1, -0.05) is 6.92 Å². The van der Waals surface area contributed by atoms with Crippen molar-refractivity contribution in [3.05, 3.63) is 0 Å². The Morgan fingerprint density at radius 3 is 2.87 bits per heavy atom. The normalized spacial score (nSPS) is 43.4. The third kappa shape index (κ3) is 2.71. The first-order valence-electron chi connectivity index (χ1n) is 6.20. The van der Waals surface area contributed by atoms with Crippen LogP contribution in [0.5, 0.6) is 0 Å². The van der Waals surface area contributed by atoms with Gasteiger partial charge >= 0.3 is 0 Å². The molecule has 0 bridgehead atoms. The van der Waals surface area contributed by atoms with Crippen LogP contribution in [0.1, 0.15) is 33.1 Å². The number of hydrogen-bond acceptors (Lipinski definition) is 3. The molecule has 3 nitrogen and oxygen atoms in total. The predicted molar refractivity (Wildman–Crippen MR) is 61.8 cm³/mol. The Morgan fingerprint density at radius 2 is 2.27 bits per heavy atom. The van der Waals surface area contributed by atoms with Gasteiger partial charge in [-0.05, 0) is 38.6 Å². The molecule has 3 unspecified atom stereocenters. The Morgan fingerprint density at radius 1 is 1.47 bits per heavy atom. The van der Waals surface area contributed by atoms with Crippen LogP contribution in [0.15, 0.2) is 0 Å². The maximum Gasteiger partial charge on any atom is 0.0659 e. The van der Waals surface area contributed by atoms with Crippen molar-refractivity contribution in [3.8, 4) is 0 Å². The molecular formula is C12H24N2O. The second kappa shape index (κ2) is 4.40. The van der Waals surface area contributed by atoms with Gasteiger partial charge in [0.1, 0.15) is 0 Å². The molecule has 0 radical (unpaired) electrons. The van der Waals surface area contributed by atoms with Crippen LogP contribution in [-0.2, 0) is 4.74 Å². The molecule has 0 spiro atoms. The van der Waals surface area contributed by atoms with Gasteiger partial charge in [0.05, 0.1) is 12.1 Å². The molecule has 2 saturated heterocycles. The van der Waals surface area contributed by atoms with E-state index >= 15 is 0 Å². The summed E-state index contributed by atoms with van der Waals surface area (Å²) in [7, 11) is 0. The zero-order chi connectivity index (χ0) is 10.9. The maximum absolute atomic E-state index is 6.32. The molecule has 3 atom stereocenters. The van der Waals surface area contributed by atoms with Gasteiger partial charge in [-0.15, -0.1) is 0 Å². The number of ether oxygens (including phenoxy) is 1. The highest BCUT2D eigenvalue weighted by Gasteiger charge is 2.35. The fraction of sp³-hybridized carbons (Fsp3) is 1.00. The molecule has 88 valence electrons. The fourth-order valence-electron chi connectivity index (χ4n) is 2.84. The van der Waals surface area contributed by atoms with Crippen LogP contribution >= 0.6 is 0 Å². The molecule has 0 amide bonds. The van der Waals surface area contributed by atoms with Gasteiger partial charge in [-0.25, -0.2) is 0 Å². The van der Waals surface area contributed by atoms with E-state index in [-0.39, 0.29) is 5.54 Å². The lowest BCUT2D eigenvalue weighted by Gasteiger charge is -2.40. The van der Waals surface area contributed by atoms with Crippen LogP contribution < -0.4 is 5.73 Å². The summed E-state index contributed by atoms with van der Waals surface area (Å²) >= 11 is 0. The molecule has 0 aromatic rings. The lowest BCUT2D eigenvalue weighted by atomic mass is 9.90. The average Bonchev–Trinajstić information content (AvgIpc) is 2.58. The van der Waals surface area contributed by atoms with Gasteiger partial charge in [0.2, 0.25) is 0 Å². The molecule has 3 heteroatoms. The smallest absolute Gasteiger partial charge is 0.0659 e. The molecule has 2 N–H and O–H groups in total. The van der Waals surface area contributed by atoms with Gasteiger partial charge in [0.25, 0.3) is 0 Å². The van der Waals surface area contributed by atoms with Crippen molar-refractivity contribution >= 4 is 0 Å². The molecule has 2 aliphatic heterocycles. The molecular weight excluding hydrogens is 188 g/mol. The van der Waals surface area contributed by atoms with E-state index in [9.17, 15) is 0 Å². The highest BCUT2D eigenvalue weighted by molar-refractivity contribution is 4.93. The number of rotatable bonds is 2. The third-order valence-corrected chi connectivity index (χ3v) is 3.93. The summed E-state index contributed by atoms with van der Waals surface area (Å²) in [4.78, 5) is 2.55. The second-order valence-corrected chi connectivity index (χ2v) is 5.61. The quantitative estimate of drug-likeness (QED) is 0.748. The molecule has 2 heterocycles. The van der Waals surface area contributed by atoms with Crippen LogP contribution in [0, 0.1) is 5.92 Å². The highest BCUT2D eigenvalue weighted by Crippen LogP contribution is 2.25. The minimum atomic E-state index is -0.0746. The Hall–Kier alpha value is -0.120. The van der Waals surface area contributed by atoms with Crippen molar-refractivity contribution < 1.29 is 4.74 Å². The van der Waals surface area contributed by atoms with E-state index in [0.29, 0.717) is 6.04 Å². The molecule has 15 heavy (non-hydrogen) atoms. The summed E-state index contributed by atoms with van der Waals surface area (Å²) in [6.45, 7) is 8.49. The number of hydrogen-bond donors (Lipinski definition) is 1. The molecule has 0 aromatic carbocycles. The van der Waals surface area contributed by atoms with E-state index in [0.717, 1.165) is 32.1 Å². The van der Waals surface area contributed by atoms with Crippen molar-refractivity contribution in [2.24, 2.45) is 11.7 Å². The van der Waals surface area contributed by atoms with Crippen LogP contribution in [0.4, 0.5) is 0 Å². The van der Waals surface area contributed by atoms with Crippen LogP contribution in [-0.4, -0.2) is 42.8 Å². The van der Waals surface area contributed by atoms with E-state index in [1.807, 2.05) is 0 Å². The molecule has 0 aromatic heterocycles. The van der Waals surface area contributed by atoms with Crippen molar-refractivity contribution in [3.63, 3.8) is 0 Å². The molecule has 0 saturated carbocycles. The number of likely N-dealkylation sites (tertiary alicyclic amines) is 1. The summed E-state index contributed by atoms with van der Waals surface area (Å²) in [6, 6.07) is 0.690. The van der Waals surface area contributed by atoms with Gasteiger partial charge in [-0.2, -0.15) is 0 Å². The maximum atomic E-state index is 6.32.